The van der Waals surface area contributed by atoms with Gasteiger partial charge in [-0.15, -0.1) is 6.58 Å². The Balaban J connectivity index is 1.64. The molecule has 3 amide bonds. The molecule has 7 nitrogen and oxygen atoms in total. The molecule has 2 heterocycles. The highest BCUT2D eigenvalue weighted by Gasteiger charge is 2.44. The van der Waals surface area contributed by atoms with Gasteiger partial charge in [-0.25, -0.2) is 4.79 Å². The van der Waals surface area contributed by atoms with Gasteiger partial charge in [0.25, 0.3) is 0 Å². The highest BCUT2D eigenvalue weighted by Crippen LogP contribution is 2.46. The van der Waals surface area contributed by atoms with Crippen LogP contribution in [0.1, 0.15) is 36.8 Å². The molecule has 0 radical (unpaired) electrons. The largest absolute Gasteiger partial charge is 0.349 e. The average Bonchev–Trinajstić information content (AvgIpc) is 3.13. The summed E-state index contributed by atoms with van der Waals surface area (Å²) in [6.45, 7) is 8.98. The lowest BCUT2D eigenvalue weighted by atomic mass is 9.72. The zero-order valence-electron chi connectivity index (χ0n) is 20.4. The number of carbonyl (C=O) groups excluding carboxylic acids is 2. The minimum absolute atomic E-state index is 0.0644. The monoisotopic (exact) mass is 529 g/mol. The van der Waals surface area contributed by atoms with Gasteiger partial charge in [-0.2, -0.15) is 0 Å². The van der Waals surface area contributed by atoms with E-state index >= 15 is 0 Å². The molecular formula is C26H36BrN5O2. The first kappa shape index (κ1) is 24.9. The van der Waals surface area contributed by atoms with Gasteiger partial charge in [-0.3, -0.25) is 14.6 Å². The van der Waals surface area contributed by atoms with Crippen LogP contribution in [0.2, 0.25) is 0 Å². The van der Waals surface area contributed by atoms with Crippen LogP contribution in [0.25, 0.3) is 10.9 Å². The van der Waals surface area contributed by atoms with Crippen molar-refractivity contribution in [2.45, 2.75) is 38.1 Å². The van der Waals surface area contributed by atoms with E-state index in [1.54, 1.807) is 0 Å². The van der Waals surface area contributed by atoms with Gasteiger partial charge in [0, 0.05) is 49.0 Å². The predicted octanol–water partition coefficient (Wildman–Crippen LogP) is 3.96. The number of carbonyl (C=O) groups is 2. The van der Waals surface area contributed by atoms with Crippen LogP contribution in [-0.4, -0.2) is 84.5 Å². The summed E-state index contributed by atoms with van der Waals surface area (Å²) < 4.78 is 1.05. The molecule has 1 aromatic carbocycles. The van der Waals surface area contributed by atoms with Crippen LogP contribution >= 0.6 is 15.9 Å². The Morgan fingerprint density at radius 2 is 2.12 bits per heavy atom. The summed E-state index contributed by atoms with van der Waals surface area (Å²) in [6, 6.07) is 6.44. The maximum absolute atomic E-state index is 13.8. The summed E-state index contributed by atoms with van der Waals surface area (Å²) in [4.78, 5) is 36.0. The van der Waals surface area contributed by atoms with Gasteiger partial charge in [-0.05, 0) is 79.9 Å². The van der Waals surface area contributed by atoms with Crippen LogP contribution in [0.15, 0.2) is 35.5 Å². The highest BCUT2D eigenvalue weighted by atomic mass is 79.9. The number of hydrogen-bond acceptors (Lipinski definition) is 4. The lowest BCUT2D eigenvalue weighted by Gasteiger charge is -2.47. The van der Waals surface area contributed by atoms with Crippen molar-refractivity contribution in [3.8, 4) is 0 Å². The second-order valence-electron chi connectivity index (χ2n) is 9.72. The van der Waals surface area contributed by atoms with Crippen LogP contribution in [0.3, 0.4) is 0 Å². The molecule has 2 unspecified atom stereocenters. The number of imide groups is 1. The Kier molecular flexibility index (Phi) is 7.80. The molecule has 2 N–H and O–H groups in total. The van der Waals surface area contributed by atoms with Crippen molar-refractivity contribution in [3.63, 3.8) is 0 Å². The summed E-state index contributed by atoms with van der Waals surface area (Å²) in [5.74, 6) is -0.0628. The number of fused-ring (bicyclic) bond motifs is 2. The van der Waals surface area contributed by atoms with E-state index in [2.05, 4.69) is 60.8 Å². The molecule has 3 atom stereocenters. The number of rotatable bonds is 8. The van der Waals surface area contributed by atoms with Gasteiger partial charge in [0.05, 0.1) is 10.5 Å². The number of aromatic amines is 1. The van der Waals surface area contributed by atoms with E-state index in [-0.39, 0.29) is 23.8 Å². The molecule has 1 aromatic heterocycles. The van der Waals surface area contributed by atoms with Crippen molar-refractivity contribution < 1.29 is 9.59 Å². The van der Waals surface area contributed by atoms with Gasteiger partial charge in [0.1, 0.15) is 0 Å². The van der Waals surface area contributed by atoms with Crippen molar-refractivity contribution in [1.29, 1.82) is 0 Å². The minimum atomic E-state index is -0.286. The number of aromatic nitrogens is 1. The van der Waals surface area contributed by atoms with Crippen molar-refractivity contribution >= 4 is 38.8 Å². The van der Waals surface area contributed by atoms with Crippen molar-refractivity contribution in [3.05, 3.63) is 46.6 Å². The zero-order valence-corrected chi connectivity index (χ0v) is 22.0. The Morgan fingerprint density at radius 1 is 1.32 bits per heavy atom. The Hall–Kier alpha value is -2.16. The first-order valence-electron chi connectivity index (χ1n) is 12.2. The number of H-pyrrole nitrogens is 1. The number of urea groups is 1. The molecule has 1 fully saturated rings. The molecule has 8 heteroatoms. The fraction of sp³-hybridized carbons (Fsp3) is 0.538. The first-order chi connectivity index (χ1) is 16.3. The third-order valence-corrected chi connectivity index (χ3v) is 7.86. The van der Waals surface area contributed by atoms with Gasteiger partial charge in [0.2, 0.25) is 5.91 Å². The van der Waals surface area contributed by atoms with E-state index in [1.165, 1.54) is 21.4 Å². The summed E-state index contributed by atoms with van der Waals surface area (Å²) >= 11 is 3.73. The minimum Gasteiger partial charge on any atom is -0.349 e. The fourth-order valence-corrected chi connectivity index (χ4v) is 6.29. The third-order valence-electron chi connectivity index (χ3n) is 7.19. The number of likely N-dealkylation sites (tertiary alicyclic amines) is 1. The molecular weight excluding hydrogens is 494 g/mol. The van der Waals surface area contributed by atoms with E-state index in [0.29, 0.717) is 25.7 Å². The average molecular weight is 531 g/mol. The third kappa shape index (κ3) is 4.81. The number of amides is 3. The van der Waals surface area contributed by atoms with Gasteiger partial charge in [0.15, 0.2) is 0 Å². The number of nitrogens with one attached hydrogen (secondary N) is 2. The fourth-order valence-electron chi connectivity index (χ4n) is 5.72. The number of hydrogen-bond donors (Lipinski definition) is 2. The van der Waals surface area contributed by atoms with Crippen molar-refractivity contribution in [2.24, 2.45) is 5.92 Å². The predicted molar refractivity (Wildman–Crippen MR) is 140 cm³/mol. The van der Waals surface area contributed by atoms with Gasteiger partial charge >= 0.3 is 6.03 Å². The first-order valence-corrected chi connectivity index (χ1v) is 13.0. The SMILES string of the molecule is C=CCN1C[C@H](C(=O)N(CCCN(C)C)C(=O)NCC)CC2c3cccc4[nH]c(Br)c(c34)CC21. The number of benzene rings is 1. The maximum Gasteiger partial charge on any atom is 0.324 e. The van der Waals surface area contributed by atoms with Gasteiger partial charge < -0.3 is 15.2 Å². The lowest BCUT2D eigenvalue weighted by molar-refractivity contribution is -0.135. The molecule has 2 aromatic rings. The maximum atomic E-state index is 13.8. The molecule has 1 aliphatic carbocycles. The summed E-state index contributed by atoms with van der Waals surface area (Å²) in [6.07, 6.45) is 4.36. The summed E-state index contributed by atoms with van der Waals surface area (Å²) in [5, 5.41) is 4.13. The molecule has 0 spiro atoms. The van der Waals surface area contributed by atoms with E-state index in [9.17, 15) is 9.59 Å². The summed E-state index contributed by atoms with van der Waals surface area (Å²) in [7, 11) is 4.01. The Labute approximate surface area is 210 Å². The van der Waals surface area contributed by atoms with Crippen molar-refractivity contribution in [1.82, 2.24) is 25.0 Å². The number of nitrogens with zero attached hydrogens (tertiary/aromatic N) is 3. The van der Waals surface area contributed by atoms with E-state index in [0.717, 1.165) is 42.5 Å². The van der Waals surface area contributed by atoms with E-state index < -0.39 is 0 Å². The second kappa shape index (κ2) is 10.6. The van der Waals surface area contributed by atoms with Crippen LogP contribution in [0, 0.1) is 5.92 Å². The molecule has 1 aliphatic heterocycles. The van der Waals surface area contributed by atoms with E-state index in [4.69, 9.17) is 0 Å². The second-order valence-corrected chi connectivity index (χ2v) is 10.5. The highest BCUT2D eigenvalue weighted by molar-refractivity contribution is 9.10. The topological polar surface area (TPSA) is 71.7 Å². The standard InChI is InChI=1S/C26H36BrN5O2/c1-5-11-31-16-17(25(33)32(26(34)28-6-2)13-8-12-30(3)4)14-19-18-9-7-10-21-23(18)20(15-22(19)31)24(27)29-21/h5,7,9-10,17,19,22,29H,1,6,8,11-16H2,2-4H3,(H,28,34)/t17-,19?,22?/m1/s1. The van der Waals surface area contributed by atoms with Crippen LogP contribution in [0.5, 0.6) is 0 Å². The number of piperidine rings is 1. The van der Waals surface area contributed by atoms with Crippen LogP contribution < -0.4 is 5.32 Å². The van der Waals surface area contributed by atoms with Crippen LogP contribution in [0.4, 0.5) is 4.79 Å². The molecule has 184 valence electrons. The van der Waals surface area contributed by atoms with E-state index in [1.807, 2.05) is 27.1 Å². The molecule has 4 rings (SSSR count). The molecule has 1 saturated heterocycles. The zero-order chi connectivity index (χ0) is 24.4. The molecule has 0 bridgehead atoms. The Bertz CT molecular complexity index is 1060. The lowest BCUT2D eigenvalue weighted by Crippen LogP contribution is -2.55. The van der Waals surface area contributed by atoms with Crippen molar-refractivity contribution in [2.75, 3.05) is 46.8 Å². The molecule has 0 saturated carbocycles. The van der Waals surface area contributed by atoms with Crippen LogP contribution in [-0.2, 0) is 11.2 Å². The summed E-state index contributed by atoms with van der Waals surface area (Å²) in [5.41, 5.74) is 3.75. The molecule has 2 aliphatic rings. The quantitative estimate of drug-likeness (QED) is 0.507. The smallest absolute Gasteiger partial charge is 0.324 e. The normalized spacial score (nSPS) is 22.0. The number of halogens is 1. The Morgan fingerprint density at radius 3 is 2.82 bits per heavy atom. The van der Waals surface area contributed by atoms with Gasteiger partial charge in [-0.1, -0.05) is 18.2 Å². The molecule has 34 heavy (non-hydrogen) atoms.